The van der Waals surface area contributed by atoms with Gasteiger partial charge >= 0.3 is 0 Å². The van der Waals surface area contributed by atoms with E-state index in [0.717, 1.165) is 12.3 Å². The van der Waals surface area contributed by atoms with Crippen LogP contribution in [0.25, 0.3) is 0 Å². The molecule has 5 heteroatoms. The van der Waals surface area contributed by atoms with Crippen LogP contribution in [-0.4, -0.2) is 48.2 Å². The van der Waals surface area contributed by atoms with Crippen molar-refractivity contribution in [1.82, 2.24) is 4.90 Å². The Morgan fingerprint density at radius 2 is 1.95 bits per heavy atom. The molecule has 0 atom stereocenters. The number of likely N-dealkylation sites (N-methyl/N-ethyl adjacent to an activating group) is 1. The Hall–Kier alpha value is -1.59. The average Bonchev–Trinajstić information content (AvgIpc) is 2.39. The van der Waals surface area contributed by atoms with E-state index in [1.807, 2.05) is 20.9 Å². The highest BCUT2D eigenvalue weighted by molar-refractivity contribution is 5.94. The van der Waals surface area contributed by atoms with Gasteiger partial charge in [-0.1, -0.05) is 0 Å². The number of amidine groups is 1. The zero-order valence-corrected chi connectivity index (χ0v) is 11.8. The predicted molar refractivity (Wildman–Crippen MR) is 76.7 cm³/mol. The number of nitrogens with two attached hydrogens (primary N) is 1. The summed E-state index contributed by atoms with van der Waals surface area (Å²) in [5, 5.41) is 16.5. The minimum atomic E-state index is -0.248. The fourth-order valence-electron chi connectivity index (χ4n) is 1.45. The van der Waals surface area contributed by atoms with Crippen LogP contribution in [0.3, 0.4) is 0 Å². The van der Waals surface area contributed by atoms with Crippen molar-refractivity contribution >= 4 is 5.84 Å². The van der Waals surface area contributed by atoms with Gasteiger partial charge in [0.05, 0.1) is 6.61 Å². The lowest BCUT2D eigenvalue weighted by Crippen LogP contribution is -2.45. The van der Waals surface area contributed by atoms with Gasteiger partial charge in [0.2, 0.25) is 0 Å². The molecule has 4 N–H and O–H groups in total. The molecule has 0 aliphatic heterocycles. The van der Waals surface area contributed by atoms with Gasteiger partial charge in [0.15, 0.2) is 0 Å². The van der Waals surface area contributed by atoms with E-state index in [-0.39, 0.29) is 18.0 Å². The maximum atomic E-state index is 9.25. The lowest BCUT2D eigenvalue weighted by Gasteiger charge is -2.33. The summed E-state index contributed by atoms with van der Waals surface area (Å²) in [6, 6.07) is 7.12. The molecule has 0 bridgehead atoms. The summed E-state index contributed by atoms with van der Waals surface area (Å²) < 4.78 is 5.62. The number of aliphatic hydroxyl groups excluding tert-OH is 1. The third kappa shape index (κ3) is 4.54. The van der Waals surface area contributed by atoms with Crippen molar-refractivity contribution in [3.63, 3.8) is 0 Å². The van der Waals surface area contributed by atoms with Crippen molar-refractivity contribution in [2.24, 2.45) is 5.73 Å². The molecule has 0 fully saturated rings. The molecule has 0 saturated carbocycles. The fourth-order valence-corrected chi connectivity index (χ4v) is 1.45. The molecule has 0 amide bonds. The molecule has 0 aliphatic carbocycles. The van der Waals surface area contributed by atoms with Gasteiger partial charge in [-0.25, -0.2) is 0 Å². The van der Waals surface area contributed by atoms with E-state index in [1.54, 1.807) is 24.3 Å². The number of nitrogen functional groups attached to an aromatic ring is 1. The second-order valence-corrected chi connectivity index (χ2v) is 5.18. The van der Waals surface area contributed by atoms with E-state index in [1.165, 1.54) is 0 Å². The highest BCUT2D eigenvalue weighted by Gasteiger charge is 2.21. The summed E-state index contributed by atoms with van der Waals surface area (Å²) >= 11 is 0. The largest absolute Gasteiger partial charge is 0.492 e. The second-order valence-electron chi connectivity index (χ2n) is 5.18. The minimum Gasteiger partial charge on any atom is -0.492 e. The highest BCUT2D eigenvalue weighted by atomic mass is 16.5. The summed E-state index contributed by atoms with van der Waals surface area (Å²) in [4.78, 5) is 2.05. The van der Waals surface area contributed by atoms with Crippen molar-refractivity contribution in [3.8, 4) is 5.75 Å². The monoisotopic (exact) mass is 265 g/mol. The Balaban J connectivity index is 2.43. The van der Waals surface area contributed by atoms with E-state index in [9.17, 15) is 5.11 Å². The van der Waals surface area contributed by atoms with Crippen LogP contribution < -0.4 is 10.5 Å². The Morgan fingerprint density at radius 3 is 2.42 bits per heavy atom. The van der Waals surface area contributed by atoms with Crippen molar-refractivity contribution in [3.05, 3.63) is 29.8 Å². The fraction of sp³-hybridized carbons (Fsp3) is 0.500. The molecule has 19 heavy (non-hydrogen) atoms. The first-order valence-corrected chi connectivity index (χ1v) is 6.26. The lowest BCUT2D eigenvalue weighted by molar-refractivity contribution is 0.0679. The average molecular weight is 265 g/mol. The topological polar surface area (TPSA) is 82.6 Å². The van der Waals surface area contributed by atoms with Crippen molar-refractivity contribution < 1.29 is 9.84 Å². The first-order valence-electron chi connectivity index (χ1n) is 6.26. The van der Waals surface area contributed by atoms with Gasteiger partial charge in [0.25, 0.3) is 0 Å². The van der Waals surface area contributed by atoms with E-state index in [0.29, 0.717) is 12.2 Å². The molecular weight excluding hydrogens is 242 g/mol. The van der Waals surface area contributed by atoms with E-state index >= 15 is 0 Å². The number of nitrogens with one attached hydrogen (secondary N) is 1. The molecule has 0 heterocycles. The first-order chi connectivity index (χ1) is 8.86. The summed E-state index contributed by atoms with van der Waals surface area (Å²) in [6.07, 6.45) is 0. The van der Waals surface area contributed by atoms with Crippen LogP contribution in [0, 0.1) is 5.41 Å². The standard InChI is InChI=1S/C14H23N3O2/c1-14(2,10-18)17(3)8-9-19-12-6-4-11(5-7-12)13(15)16/h4-7,18H,8-10H2,1-3H3,(H3,15,16). The Bertz CT molecular complexity index is 415. The molecule has 0 aromatic heterocycles. The smallest absolute Gasteiger partial charge is 0.122 e. The Morgan fingerprint density at radius 1 is 1.37 bits per heavy atom. The summed E-state index contributed by atoms with van der Waals surface area (Å²) in [5.41, 5.74) is 5.82. The van der Waals surface area contributed by atoms with Crippen molar-refractivity contribution in [2.45, 2.75) is 19.4 Å². The Labute approximate surface area is 114 Å². The second kappa shape index (κ2) is 6.54. The summed E-state index contributed by atoms with van der Waals surface area (Å²) in [5.74, 6) is 0.802. The number of nitrogens with zero attached hydrogens (tertiary/aromatic N) is 1. The normalized spacial score (nSPS) is 11.6. The molecule has 5 nitrogen and oxygen atoms in total. The molecular formula is C14H23N3O2. The number of ether oxygens (including phenoxy) is 1. The molecule has 0 spiro atoms. The van der Waals surface area contributed by atoms with Gasteiger partial charge in [-0.05, 0) is 45.2 Å². The SMILES string of the molecule is CN(CCOc1ccc(C(=N)N)cc1)C(C)(C)CO. The summed E-state index contributed by atoms with van der Waals surface area (Å²) in [7, 11) is 1.96. The van der Waals surface area contributed by atoms with Crippen LogP contribution in [0.4, 0.5) is 0 Å². The molecule has 1 aromatic carbocycles. The molecule has 1 aromatic rings. The Kier molecular flexibility index (Phi) is 5.32. The van der Waals surface area contributed by atoms with E-state index in [2.05, 4.69) is 4.90 Å². The maximum absolute atomic E-state index is 9.25. The number of hydrogen-bond acceptors (Lipinski definition) is 4. The minimum absolute atomic E-state index is 0.0518. The summed E-state index contributed by atoms with van der Waals surface area (Å²) in [6.45, 7) is 5.33. The van der Waals surface area contributed by atoms with Crippen LogP contribution in [0.1, 0.15) is 19.4 Å². The van der Waals surface area contributed by atoms with Crippen LogP contribution in [0.15, 0.2) is 24.3 Å². The molecule has 0 saturated heterocycles. The number of rotatable bonds is 7. The number of hydrogen-bond donors (Lipinski definition) is 3. The van der Waals surface area contributed by atoms with Gasteiger partial charge in [-0.15, -0.1) is 0 Å². The van der Waals surface area contributed by atoms with Gasteiger partial charge in [0.1, 0.15) is 18.2 Å². The maximum Gasteiger partial charge on any atom is 0.122 e. The van der Waals surface area contributed by atoms with Crippen molar-refractivity contribution in [1.29, 1.82) is 5.41 Å². The molecule has 106 valence electrons. The highest BCUT2D eigenvalue weighted by Crippen LogP contribution is 2.13. The molecule has 1 rings (SSSR count). The van der Waals surface area contributed by atoms with Crippen LogP contribution in [0.5, 0.6) is 5.75 Å². The molecule has 0 radical (unpaired) electrons. The van der Waals surface area contributed by atoms with Crippen LogP contribution >= 0.6 is 0 Å². The predicted octanol–water partition coefficient (Wildman–Crippen LogP) is 1.05. The van der Waals surface area contributed by atoms with Crippen LogP contribution in [0.2, 0.25) is 0 Å². The lowest BCUT2D eigenvalue weighted by atomic mass is 10.1. The van der Waals surface area contributed by atoms with Gasteiger partial charge in [-0.2, -0.15) is 0 Å². The van der Waals surface area contributed by atoms with Gasteiger partial charge < -0.3 is 15.6 Å². The van der Waals surface area contributed by atoms with Crippen molar-refractivity contribution in [2.75, 3.05) is 26.8 Å². The van der Waals surface area contributed by atoms with E-state index < -0.39 is 0 Å². The first kappa shape index (κ1) is 15.5. The number of benzene rings is 1. The quantitative estimate of drug-likeness (QED) is 0.508. The third-order valence-corrected chi connectivity index (χ3v) is 3.28. The number of aliphatic hydroxyl groups is 1. The zero-order valence-electron chi connectivity index (χ0n) is 11.8. The molecule has 0 aliphatic rings. The van der Waals surface area contributed by atoms with Crippen LogP contribution in [-0.2, 0) is 0 Å². The van der Waals surface area contributed by atoms with Gasteiger partial charge in [-0.3, -0.25) is 10.3 Å². The van der Waals surface area contributed by atoms with E-state index in [4.69, 9.17) is 15.9 Å². The van der Waals surface area contributed by atoms with Gasteiger partial charge in [0, 0.05) is 17.6 Å². The molecule has 0 unspecified atom stereocenters. The third-order valence-electron chi connectivity index (χ3n) is 3.28. The zero-order chi connectivity index (χ0) is 14.5.